The third-order valence-corrected chi connectivity index (χ3v) is 3.27. The van der Waals surface area contributed by atoms with Crippen LogP contribution in [0.5, 0.6) is 5.75 Å². The Labute approximate surface area is 142 Å². The number of amides is 1. The first-order valence-electron chi connectivity index (χ1n) is 7.56. The fourth-order valence-corrected chi connectivity index (χ4v) is 2.11. The van der Waals surface area contributed by atoms with Crippen LogP contribution in [0.2, 0.25) is 0 Å². The van der Waals surface area contributed by atoms with Gasteiger partial charge in [0.25, 0.3) is 5.91 Å². The number of carbonyl (C=O) groups is 1. The number of nitrogens with zero attached hydrogens (tertiary/aromatic N) is 4. The zero-order chi connectivity index (χ0) is 17.6. The van der Waals surface area contributed by atoms with E-state index in [1.807, 2.05) is 6.92 Å². The highest BCUT2D eigenvalue weighted by Crippen LogP contribution is 2.13. The number of hydrogen-bond donors (Lipinski definition) is 1. The van der Waals surface area contributed by atoms with Crippen LogP contribution in [0.3, 0.4) is 0 Å². The molecule has 1 aromatic carbocycles. The standard InChI is InChI=1S/C16H16FN5O3/c1-11(6-22-10-18-9-19-22)20-16(23)14-7-25-15(21-14)8-24-13-4-2-12(17)3-5-13/h2-5,7,9-11H,6,8H2,1H3,(H,20,23)/t11-/m0/s1. The number of rotatable bonds is 7. The average Bonchev–Trinajstić information content (AvgIpc) is 3.26. The highest BCUT2D eigenvalue weighted by Gasteiger charge is 2.15. The third-order valence-electron chi connectivity index (χ3n) is 3.27. The van der Waals surface area contributed by atoms with E-state index in [0.29, 0.717) is 12.3 Å². The summed E-state index contributed by atoms with van der Waals surface area (Å²) >= 11 is 0. The molecule has 130 valence electrons. The summed E-state index contributed by atoms with van der Waals surface area (Å²) in [4.78, 5) is 20.1. The molecule has 0 radical (unpaired) electrons. The number of nitrogens with one attached hydrogen (secondary N) is 1. The van der Waals surface area contributed by atoms with Crippen molar-refractivity contribution in [3.8, 4) is 5.75 Å². The van der Waals surface area contributed by atoms with Gasteiger partial charge >= 0.3 is 0 Å². The number of ether oxygens (including phenoxy) is 1. The Morgan fingerprint density at radius 2 is 2.20 bits per heavy atom. The number of hydrogen-bond acceptors (Lipinski definition) is 6. The molecule has 8 nitrogen and oxygen atoms in total. The van der Waals surface area contributed by atoms with E-state index < -0.39 is 0 Å². The molecule has 1 atom stereocenters. The third kappa shape index (κ3) is 4.63. The molecule has 0 saturated heterocycles. The van der Waals surface area contributed by atoms with Crippen LogP contribution in [0, 0.1) is 5.82 Å². The molecule has 0 saturated carbocycles. The molecule has 0 unspecified atom stereocenters. The van der Waals surface area contributed by atoms with Crippen molar-refractivity contribution in [2.24, 2.45) is 0 Å². The van der Waals surface area contributed by atoms with Gasteiger partial charge in [-0.2, -0.15) is 5.10 Å². The molecule has 1 amide bonds. The van der Waals surface area contributed by atoms with Crippen molar-refractivity contribution < 1.29 is 18.3 Å². The van der Waals surface area contributed by atoms with Gasteiger partial charge in [-0.05, 0) is 31.2 Å². The van der Waals surface area contributed by atoms with Crippen molar-refractivity contribution in [3.63, 3.8) is 0 Å². The Morgan fingerprint density at radius 3 is 2.92 bits per heavy atom. The first kappa shape index (κ1) is 16.6. The molecule has 25 heavy (non-hydrogen) atoms. The van der Waals surface area contributed by atoms with Crippen molar-refractivity contribution in [3.05, 3.63) is 60.6 Å². The Bertz CT molecular complexity index is 817. The summed E-state index contributed by atoms with van der Waals surface area (Å²) in [6, 6.07) is 5.42. The van der Waals surface area contributed by atoms with Gasteiger partial charge in [-0.3, -0.25) is 9.48 Å². The maximum Gasteiger partial charge on any atom is 0.273 e. The molecule has 0 bridgehead atoms. The smallest absolute Gasteiger partial charge is 0.273 e. The molecule has 3 rings (SSSR count). The quantitative estimate of drug-likeness (QED) is 0.702. The van der Waals surface area contributed by atoms with E-state index >= 15 is 0 Å². The lowest BCUT2D eigenvalue weighted by Gasteiger charge is -2.12. The maximum absolute atomic E-state index is 12.8. The molecule has 9 heteroatoms. The zero-order valence-corrected chi connectivity index (χ0v) is 13.4. The van der Waals surface area contributed by atoms with Crippen molar-refractivity contribution >= 4 is 5.91 Å². The summed E-state index contributed by atoms with van der Waals surface area (Å²) in [5.41, 5.74) is 0.156. The minimum absolute atomic E-state index is 0.0351. The number of benzene rings is 1. The van der Waals surface area contributed by atoms with Crippen molar-refractivity contribution in [2.45, 2.75) is 26.1 Å². The molecule has 2 aromatic heterocycles. The van der Waals surface area contributed by atoms with Crippen LogP contribution in [0.25, 0.3) is 0 Å². The van der Waals surface area contributed by atoms with Crippen LogP contribution in [0.4, 0.5) is 4.39 Å². The molecule has 1 N–H and O–H groups in total. The Kier molecular flexibility index (Phi) is 5.03. The first-order valence-corrected chi connectivity index (χ1v) is 7.56. The van der Waals surface area contributed by atoms with E-state index in [9.17, 15) is 9.18 Å². The minimum atomic E-state index is -0.357. The van der Waals surface area contributed by atoms with Crippen LogP contribution >= 0.6 is 0 Å². The van der Waals surface area contributed by atoms with Gasteiger partial charge in [0.1, 0.15) is 30.5 Å². The van der Waals surface area contributed by atoms with Crippen molar-refractivity contribution in [2.75, 3.05) is 0 Å². The Balaban J connectivity index is 1.51. The van der Waals surface area contributed by atoms with Gasteiger partial charge in [-0.1, -0.05) is 0 Å². The molecule has 2 heterocycles. The summed E-state index contributed by atoms with van der Waals surface area (Å²) in [5.74, 6) is 0.0253. The number of aromatic nitrogens is 4. The Morgan fingerprint density at radius 1 is 1.40 bits per heavy atom. The molecule has 3 aromatic rings. The SMILES string of the molecule is C[C@@H](Cn1cncn1)NC(=O)c1coc(COc2ccc(F)cc2)n1. The fourth-order valence-electron chi connectivity index (χ4n) is 2.11. The predicted octanol–water partition coefficient (Wildman–Crippen LogP) is 1.80. The highest BCUT2D eigenvalue weighted by atomic mass is 19.1. The lowest BCUT2D eigenvalue weighted by Crippen LogP contribution is -2.36. The Hall–Kier alpha value is -3.23. The zero-order valence-electron chi connectivity index (χ0n) is 13.4. The van der Waals surface area contributed by atoms with Crippen LogP contribution < -0.4 is 10.1 Å². The highest BCUT2D eigenvalue weighted by molar-refractivity contribution is 5.92. The lowest BCUT2D eigenvalue weighted by molar-refractivity contribution is 0.0931. The lowest BCUT2D eigenvalue weighted by atomic mass is 10.3. The van der Waals surface area contributed by atoms with Gasteiger partial charge in [0.15, 0.2) is 12.3 Å². The van der Waals surface area contributed by atoms with Crippen LogP contribution in [0.15, 0.2) is 47.6 Å². The minimum Gasteiger partial charge on any atom is -0.484 e. The van der Waals surface area contributed by atoms with E-state index in [2.05, 4.69) is 20.4 Å². The fraction of sp³-hybridized carbons (Fsp3) is 0.250. The van der Waals surface area contributed by atoms with Gasteiger partial charge in [-0.15, -0.1) is 0 Å². The predicted molar refractivity (Wildman–Crippen MR) is 84.2 cm³/mol. The molecular formula is C16H16FN5O3. The van der Waals surface area contributed by atoms with E-state index in [-0.39, 0.29) is 36.0 Å². The second kappa shape index (κ2) is 7.56. The summed E-state index contributed by atoms with van der Waals surface area (Å²) in [7, 11) is 0. The summed E-state index contributed by atoms with van der Waals surface area (Å²) in [5, 5.41) is 6.77. The van der Waals surface area contributed by atoms with Crippen LogP contribution in [0.1, 0.15) is 23.3 Å². The number of carbonyl (C=O) groups excluding carboxylic acids is 1. The van der Waals surface area contributed by atoms with Gasteiger partial charge in [0, 0.05) is 6.04 Å². The summed E-state index contributed by atoms with van der Waals surface area (Å²) < 4.78 is 25.1. The molecule has 0 fully saturated rings. The van der Waals surface area contributed by atoms with E-state index in [4.69, 9.17) is 9.15 Å². The molecule has 0 aliphatic heterocycles. The summed E-state index contributed by atoms with van der Waals surface area (Å²) in [6.07, 6.45) is 4.27. The van der Waals surface area contributed by atoms with E-state index in [1.54, 1.807) is 11.0 Å². The second-order valence-electron chi connectivity index (χ2n) is 5.36. The van der Waals surface area contributed by atoms with Gasteiger partial charge in [-0.25, -0.2) is 14.4 Å². The maximum atomic E-state index is 12.8. The first-order chi connectivity index (χ1) is 12.1. The second-order valence-corrected chi connectivity index (χ2v) is 5.36. The van der Waals surface area contributed by atoms with Gasteiger partial charge in [0.05, 0.1) is 6.54 Å². The summed E-state index contributed by atoms with van der Waals surface area (Å²) in [6.45, 7) is 2.37. The van der Waals surface area contributed by atoms with Crippen molar-refractivity contribution in [1.82, 2.24) is 25.1 Å². The molecule has 0 aliphatic rings. The average molecular weight is 345 g/mol. The molecule has 0 aliphatic carbocycles. The van der Waals surface area contributed by atoms with E-state index in [1.165, 1.54) is 36.9 Å². The van der Waals surface area contributed by atoms with Crippen LogP contribution in [-0.2, 0) is 13.2 Å². The topological polar surface area (TPSA) is 95.1 Å². The van der Waals surface area contributed by atoms with Crippen LogP contribution in [-0.4, -0.2) is 31.7 Å². The molecule has 0 spiro atoms. The van der Waals surface area contributed by atoms with Gasteiger partial charge < -0.3 is 14.5 Å². The van der Waals surface area contributed by atoms with E-state index in [0.717, 1.165) is 0 Å². The van der Waals surface area contributed by atoms with Crippen molar-refractivity contribution in [1.29, 1.82) is 0 Å². The van der Waals surface area contributed by atoms with Gasteiger partial charge in [0.2, 0.25) is 5.89 Å². The number of halogens is 1. The normalized spacial score (nSPS) is 11.9. The monoisotopic (exact) mass is 345 g/mol. The largest absolute Gasteiger partial charge is 0.484 e. The number of oxazole rings is 1. The molecular weight excluding hydrogens is 329 g/mol.